The van der Waals surface area contributed by atoms with E-state index in [2.05, 4.69) is 11.4 Å². The Morgan fingerprint density at radius 2 is 1.81 bits per heavy atom. The second-order valence-corrected chi connectivity index (χ2v) is 4.41. The maximum absolute atomic E-state index is 9.40. The minimum atomic E-state index is -0.533. The van der Waals surface area contributed by atoms with Crippen molar-refractivity contribution in [3.05, 3.63) is 48.0 Å². The summed E-state index contributed by atoms with van der Waals surface area (Å²) in [5.41, 5.74) is 7.98. The van der Waals surface area contributed by atoms with E-state index in [0.717, 1.165) is 11.3 Å². The van der Waals surface area contributed by atoms with Crippen LogP contribution in [-0.2, 0) is 0 Å². The van der Waals surface area contributed by atoms with Crippen LogP contribution in [0.25, 0.3) is 0 Å². The van der Waals surface area contributed by atoms with E-state index in [1.54, 1.807) is 32.4 Å². The summed E-state index contributed by atoms with van der Waals surface area (Å²) in [7, 11) is 3.13. The molecule has 0 unspecified atom stereocenters. The molecule has 5 nitrogen and oxygen atoms in total. The standard InChI is InChI=1S/C16H17N3O2/c1-20-15-8-7-11(9-16(15)21-2)14(10-17)19-13-6-4-3-5-12(13)18/h3-9,14,19H,18H2,1-2H3/t14-/m1/s1. The number of hydrogen-bond donors (Lipinski definition) is 2. The summed E-state index contributed by atoms with van der Waals surface area (Å²) in [4.78, 5) is 0. The van der Waals surface area contributed by atoms with Crippen LogP contribution >= 0.6 is 0 Å². The van der Waals surface area contributed by atoms with Crippen molar-refractivity contribution < 1.29 is 9.47 Å². The third kappa shape index (κ3) is 3.18. The molecule has 108 valence electrons. The Morgan fingerprint density at radius 1 is 1.10 bits per heavy atom. The molecule has 0 bridgehead atoms. The third-order valence-corrected chi connectivity index (χ3v) is 3.13. The van der Waals surface area contributed by atoms with Gasteiger partial charge in [-0.2, -0.15) is 5.26 Å². The highest BCUT2D eigenvalue weighted by Crippen LogP contribution is 2.31. The lowest BCUT2D eigenvalue weighted by Crippen LogP contribution is -2.10. The van der Waals surface area contributed by atoms with Crippen molar-refractivity contribution in [1.82, 2.24) is 0 Å². The van der Waals surface area contributed by atoms with Crippen LogP contribution in [0.2, 0.25) is 0 Å². The van der Waals surface area contributed by atoms with E-state index in [0.29, 0.717) is 17.2 Å². The van der Waals surface area contributed by atoms with Gasteiger partial charge < -0.3 is 20.5 Å². The van der Waals surface area contributed by atoms with Crippen molar-refractivity contribution in [3.8, 4) is 17.6 Å². The summed E-state index contributed by atoms with van der Waals surface area (Å²) >= 11 is 0. The minimum absolute atomic E-state index is 0.533. The molecule has 0 aliphatic rings. The van der Waals surface area contributed by atoms with E-state index < -0.39 is 6.04 Å². The van der Waals surface area contributed by atoms with Crippen LogP contribution in [0.15, 0.2) is 42.5 Å². The molecule has 0 spiro atoms. The van der Waals surface area contributed by atoms with Crippen LogP contribution in [0.4, 0.5) is 11.4 Å². The van der Waals surface area contributed by atoms with Crippen molar-refractivity contribution >= 4 is 11.4 Å². The van der Waals surface area contributed by atoms with Gasteiger partial charge in [-0.05, 0) is 29.8 Å². The molecule has 21 heavy (non-hydrogen) atoms. The maximum Gasteiger partial charge on any atom is 0.161 e. The number of ether oxygens (including phenoxy) is 2. The molecule has 1 atom stereocenters. The Labute approximate surface area is 123 Å². The summed E-state index contributed by atoms with van der Waals surface area (Å²) < 4.78 is 10.5. The van der Waals surface area contributed by atoms with Gasteiger partial charge in [0.25, 0.3) is 0 Å². The average molecular weight is 283 g/mol. The van der Waals surface area contributed by atoms with E-state index in [4.69, 9.17) is 15.2 Å². The van der Waals surface area contributed by atoms with E-state index in [1.165, 1.54) is 0 Å². The topological polar surface area (TPSA) is 80.3 Å². The normalized spacial score (nSPS) is 11.3. The highest BCUT2D eigenvalue weighted by Gasteiger charge is 2.14. The number of anilines is 2. The number of benzene rings is 2. The Morgan fingerprint density at radius 3 is 2.43 bits per heavy atom. The van der Waals surface area contributed by atoms with Gasteiger partial charge in [-0.1, -0.05) is 18.2 Å². The SMILES string of the molecule is COc1ccc([C@@H](C#N)Nc2ccccc2N)cc1OC. The van der Waals surface area contributed by atoms with Crippen molar-refractivity contribution in [2.24, 2.45) is 0 Å². The highest BCUT2D eigenvalue weighted by atomic mass is 16.5. The molecule has 0 aromatic heterocycles. The number of nitrogens with zero attached hydrogens (tertiary/aromatic N) is 1. The molecular formula is C16H17N3O2. The number of nitrogen functional groups attached to an aromatic ring is 1. The number of nitrogens with one attached hydrogen (secondary N) is 1. The fourth-order valence-electron chi connectivity index (χ4n) is 2.01. The number of rotatable bonds is 5. The zero-order valence-corrected chi connectivity index (χ0v) is 12.0. The molecular weight excluding hydrogens is 266 g/mol. The van der Waals surface area contributed by atoms with Gasteiger partial charge in [0.15, 0.2) is 11.5 Å². The molecule has 0 saturated heterocycles. The number of methoxy groups -OCH3 is 2. The van der Waals surface area contributed by atoms with Crippen molar-refractivity contribution in [2.75, 3.05) is 25.3 Å². The largest absolute Gasteiger partial charge is 0.493 e. The molecule has 2 rings (SSSR count). The summed E-state index contributed by atoms with van der Waals surface area (Å²) in [6.45, 7) is 0. The van der Waals surface area contributed by atoms with Crippen molar-refractivity contribution in [2.45, 2.75) is 6.04 Å². The summed E-state index contributed by atoms with van der Waals surface area (Å²) in [5.74, 6) is 1.20. The molecule has 0 aliphatic carbocycles. The Balaban J connectivity index is 2.30. The highest BCUT2D eigenvalue weighted by molar-refractivity contribution is 5.67. The van der Waals surface area contributed by atoms with Crippen LogP contribution in [0.1, 0.15) is 11.6 Å². The summed E-state index contributed by atoms with van der Waals surface area (Å²) in [5, 5.41) is 12.5. The van der Waals surface area contributed by atoms with Gasteiger partial charge in [-0.15, -0.1) is 0 Å². The fraction of sp³-hybridized carbons (Fsp3) is 0.188. The lowest BCUT2D eigenvalue weighted by atomic mass is 10.1. The summed E-state index contributed by atoms with van der Waals surface area (Å²) in [6, 6.07) is 14.4. The first-order chi connectivity index (χ1) is 10.2. The molecule has 0 saturated carbocycles. The Bertz CT molecular complexity index is 665. The van der Waals surface area contributed by atoms with Crippen LogP contribution in [-0.4, -0.2) is 14.2 Å². The van der Waals surface area contributed by atoms with Gasteiger partial charge >= 0.3 is 0 Å². The quantitative estimate of drug-likeness (QED) is 0.825. The first-order valence-corrected chi connectivity index (χ1v) is 6.42. The second-order valence-electron chi connectivity index (χ2n) is 4.41. The third-order valence-electron chi connectivity index (χ3n) is 3.13. The van der Waals surface area contributed by atoms with Crippen LogP contribution in [0.5, 0.6) is 11.5 Å². The van der Waals surface area contributed by atoms with Gasteiger partial charge in [-0.3, -0.25) is 0 Å². The smallest absolute Gasteiger partial charge is 0.161 e. The molecule has 5 heteroatoms. The molecule has 3 N–H and O–H groups in total. The van der Waals surface area contributed by atoms with Gasteiger partial charge in [0.05, 0.1) is 31.7 Å². The lowest BCUT2D eigenvalue weighted by molar-refractivity contribution is 0.354. The van der Waals surface area contributed by atoms with Crippen LogP contribution in [0.3, 0.4) is 0 Å². The monoisotopic (exact) mass is 283 g/mol. The second kappa shape index (κ2) is 6.53. The fourth-order valence-corrected chi connectivity index (χ4v) is 2.01. The van der Waals surface area contributed by atoms with Gasteiger partial charge in [0.2, 0.25) is 0 Å². The van der Waals surface area contributed by atoms with E-state index in [1.807, 2.05) is 24.3 Å². The van der Waals surface area contributed by atoms with Crippen molar-refractivity contribution in [1.29, 1.82) is 5.26 Å². The van der Waals surface area contributed by atoms with E-state index >= 15 is 0 Å². The minimum Gasteiger partial charge on any atom is -0.493 e. The predicted octanol–water partition coefficient (Wildman–Crippen LogP) is 2.96. The first kappa shape index (κ1) is 14.5. The number of nitriles is 1. The predicted molar refractivity (Wildman–Crippen MR) is 82.4 cm³/mol. The summed E-state index contributed by atoms with van der Waals surface area (Å²) in [6.07, 6.45) is 0. The van der Waals surface area contributed by atoms with Gasteiger partial charge in [-0.25, -0.2) is 0 Å². The zero-order chi connectivity index (χ0) is 15.2. The Hall–Kier alpha value is -2.87. The van der Waals surface area contributed by atoms with E-state index in [9.17, 15) is 5.26 Å². The number of para-hydroxylation sites is 2. The van der Waals surface area contributed by atoms with Crippen LogP contribution < -0.4 is 20.5 Å². The van der Waals surface area contributed by atoms with Gasteiger partial charge in [0, 0.05) is 0 Å². The first-order valence-electron chi connectivity index (χ1n) is 6.42. The molecule has 2 aromatic rings. The van der Waals surface area contributed by atoms with Crippen LogP contribution in [0, 0.1) is 11.3 Å². The molecule has 0 fully saturated rings. The molecule has 2 aromatic carbocycles. The molecule has 0 amide bonds. The number of hydrogen-bond acceptors (Lipinski definition) is 5. The van der Waals surface area contributed by atoms with E-state index in [-0.39, 0.29) is 0 Å². The zero-order valence-electron chi connectivity index (χ0n) is 12.0. The molecule has 0 heterocycles. The molecule has 0 radical (unpaired) electrons. The van der Waals surface area contributed by atoms with Crippen molar-refractivity contribution in [3.63, 3.8) is 0 Å². The number of nitrogens with two attached hydrogens (primary N) is 1. The Kier molecular flexibility index (Phi) is 4.52. The van der Waals surface area contributed by atoms with Gasteiger partial charge in [0.1, 0.15) is 6.04 Å². The molecule has 0 aliphatic heterocycles. The average Bonchev–Trinajstić information content (AvgIpc) is 2.53. The lowest BCUT2D eigenvalue weighted by Gasteiger charge is -2.16. The maximum atomic E-state index is 9.40.